The molecule has 0 atom stereocenters. The predicted molar refractivity (Wildman–Crippen MR) is 52.1 cm³/mol. The molecule has 2 aromatic heterocycles. The molecule has 60 valence electrons. The van der Waals surface area contributed by atoms with Gasteiger partial charge in [-0.25, -0.2) is 12.1 Å². The van der Waals surface area contributed by atoms with Crippen molar-refractivity contribution in [3.8, 4) is 0 Å². The number of thiophene rings is 2. The van der Waals surface area contributed by atoms with Crippen molar-refractivity contribution in [1.82, 2.24) is 0 Å². The van der Waals surface area contributed by atoms with E-state index in [1.807, 2.05) is 35.0 Å². The van der Waals surface area contributed by atoms with Crippen molar-refractivity contribution in [3.05, 3.63) is 45.8 Å². The van der Waals surface area contributed by atoms with Crippen LogP contribution in [-0.4, -0.2) is 23.1 Å². The smallest absolute Gasteiger partial charge is 1.00 e. The molecule has 2 aromatic rings. The maximum absolute atomic E-state index is 2.90. The SMILES string of the molecule is [Br-].[Mg+2].[c-]1cccs1.[c-]1cccs1. The van der Waals surface area contributed by atoms with Crippen molar-refractivity contribution in [2.75, 3.05) is 0 Å². The van der Waals surface area contributed by atoms with E-state index in [0.29, 0.717) is 0 Å². The van der Waals surface area contributed by atoms with Crippen molar-refractivity contribution in [2.45, 2.75) is 0 Å². The molecule has 4 heteroatoms. The van der Waals surface area contributed by atoms with E-state index in [4.69, 9.17) is 0 Å². The molecule has 0 aromatic carbocycles. The van der Waals surface area contributed by atoms with E-state index in [-0.39, 0.29) is 40.0 Å². The molecule has 0 nitrogen and oxygen atoms in total. The van der Waals surface area contributed by atoms with Gasteiger partial charge in [0.2, 0.25) is 0 Å². The Hall–Kier alpha value is 0.646. The van der Waals surface area contributed by atoms with Crippen LogP contribution in [0.25, 0.3) is 0 Å². The van der Waals surface area contributed by atoms with Crippen molar-refractivity contribution in [1.29, 1.82) is 0 Å². The molecule has 0 aliphatic heterocycles. The first kappa shape index (κ1) is 15.1. The average Bonchev–Trinajstić information content (AvgIpc) is 2.67. The summed E-state index contributed by atoms with van der Waals surface area (Å²) in [5.74, 6) is 0. The third-order valence-electron chi connectivity index (χ3n) is 0.758. The van der Waals surface area contributed by atoms with Crippen LogP contribution >= 0.6 is 22.7 Å². The second-order valence-electron chi connectivity index (χ2n) is 1.46. The van der Waals surface area contributed by atoms with Gasteiger partial charge < -0.3 is 39.7 Å². The molecule has 0 radical (unpaired) electrons. The van der Waals surface area contributed by atoms with Gasteiger partial charge in [-0.05, 0) is 0 Å². The fraction of sp³-hybridized carbons (Fsp3) is 0. The summed E-state index contributed by atoms with van der Waals surface area (Å²) in [4.78, 5) is 0. The van der Waals surface area contributed by atoms with Crippen LogP contribution in [0.15, 0.2) is 35.0 Å². The number of hydrogen-bond donors (Lipinski definition) is 0. The summed E-state index contributed by atoms with van der Waals surface area (Å²) >= 11 is 3.18. The molecule has 0 unspecified atom stereocenters. The second kappa shape index (κ2) is 11.6. The third kappa shape index (κ3) is 8.74. The Bertz CT molecular complexity index is 156. The maximum atomic E-state index is 2.90. The molecule has 0 spiro atoms. The van der Waals surface area contributed by atoms with E-state index < -0.39 is 0 Å². The van der Waals surface area contributed by atoms with Gasteiger partial charge in [0.15, 0.2) is 0 Å². The van der Waals surface area contributed by atoms with E-state index in [2.05, 4.69) is 10.8 Å². The molecule has 0 bridgehead atoms. The zero-order valence-electron chi connectivity index (χ0n) is 6.37. The molecule has 0 N–H and O–H groups in total. The van der Waals surface area contributed by atoms with Crippen LogP contribution in [0, 0.1) is 10.8 Å². The predicted octanol–water partition coefficient (Wildman–Crippen LogP) is -0.280. The van der Waals surface area contributed by atoms with Gasteiger partial charge in [0.05, 0.1) is 0 Å². The van der Waals surface area contributed by atoms with Crippen molar-refractivity contribution >= 4 is 45.7 Å². The number of hydrogen-bond acceptors (Lipinski definition) is 2. The van der Waals surface area contributed by atoms with Gasteiger partial charge in [0, 0.05) is 0 Å². The minimum absolute atomic E-state index is 0. The molecule has 0 saturated carbocycles. The number of halogens is 1. The quantitative estimate of drug-likeness (QED) is 0.456. The van der Waals surface area contributed by atoms with Crippen LogP contribution in [-0.2, 0) is 0 Å². The fourth-order valence-electron chi connectivity index (χ4n) is 0.393. The largest absolute Gasteiger partial charge is 2.00 e. The maximum Gasteiger partial charge on any atom is 2.00 e. The van der Waals surface area contributed by atoms with E-state index in [0.717, 1.165) is 0 Å². The van der Waals surface area contributed by atoms with Crippen LogP contribution in [0.2, 0.25) is 0 Å². The Labute approximate surface area is 108 Å². The molecule has 0 amide bonds. The zero-order valence-corrected chi connectivity index (χ0v) is 11.0. The summed E-state index contributed by atoms with van der Waals surface area (Å²) in [6, 6.07) is 7.71. The second-order valence-corrected chi connectivity index (χ2v) is 2.95. The topological polar surface area (TPSA) is 0 Å². The molecule has 12 heavy (non-hydrogen) atoms. The van der Waals surface area contributed by atoms with Crippen LogP contribution in [0.4, 0.5) is 0 Å². The van der Waals surface area contributed by atoms with E-state index in [1.54, 1.807) is 22.7 Å². The van der Waals surface area contributed by atoms with Gasteiger partial charge in [0.25, 0.3) is 0 Å². The Morgan fingerprint density at radius 1 is 0.833 bits per heavy atom. The van der Waals surface area contributed by atoms with E-state index in [1.165, 1.54) is 0 Å². The first-order valence-electron chi connectivity index (χ1n) is 2.79. The summed E-state index contributed by atoms with van der Waals surface area (Å²) < 4.78 is 0. The van der Waals surface area contributed by atoms with Crippen LogP contribution in [0.3, 0.4) is 0 Å². The zero-order chi connectivity index (χ0) is 7.07. The van der Waals surface area contributed by atoms with Gasteiger partial charge in [-0.1, -0.05) is 0 Å². The molecule has 0 saturated heterocycles. The first-order valence-corrected chi connectivity index (χ1v) is 4.55. The van der Waals surface area contributed by atoms with Crippen molar-refractivity contribution < 1.29 is 17.0 Å². The van der Waals surface area contributed by atoms with Crippen LogP contribution < -0.4 is 17.0 Å². The van der Waals surface area contributed by atoms with E-state index >= 15 is 0 Å². The minimum atomic E-state index is 0. The van der Waals surface area contributed by atoms with Gasteiger partial charge in [-0.15, -0.1) is 10.8 Å². The molecule has 0 aliphatic carbocycles. The standard InChI is InChI=1S/2C4H3S.BrH.Mg/c2*1-2-4-5-3-1;;/h2*1-3H;1H;/q2*-1;;+2/p-1. The van der Waals surface area contributed by atoms with Crippen LogP contribution in [0.5, 0.6) is 0 Å². The molecule has 0 fully saturated rings. The summed E-state index contributed by atoms with van der Waals surface area (Å²) in [5.41, 5.74) is 0. The summed E-state index contributed by atoms with van der Waals surface area (Å²) in [5, 5.41) is 9.78. The monoisotopic (exact) mass is 269 g/mol. The van der Waals surface area contributed by atoms with Crippen molar-refractivity contribution in [2.24, 2.45) is 0 Å². The summed E-state index contributed by atoms with van der Waals surface area (Å²) in [6.45, 7) is 0. The Morgan fingerprint density at radius 3 is 1.33 bits per heavy atom. The molecular formula is C8H6BrMgS2-. The fourth-order valence-corrected chi connectivity index (χ4v) is 1.18. The van der Waals surface area contributed by atoms with E-state index in [9.17, 15) is 0 Å². The van der Waals surface area contributed by atoms with Crippen molar-refractivity contribution in [3.63, 3.8) is 0 Å². The molecule has 0 aliphatic rings. The first-order chi connectivity index (χ1) is 5.00. The van der Waals surface area contributed by atoms with Crippen LogP contribution in [0.1, 0.15) is 0 Å². The van der Waals surface area contributed by atoms with Gasteiger partial charge in [-0.3, -0.25) is 0 Å². The molecular weight excluding hydrogens is 264 g/mol. The van der Waals surface area contributed by atoms with Gasteiger partial charge in [-0.2, -0.15) is 22.9 Å². The Kier molecular flexibility index (Phi) is 14.7. The number of rotatable bonds is 0. The summed E-state index contributed by atoms with van der Waals surface area (Å²) in [6.07, 6.45) is 0. The Balaban J connectivity index is 0. The minimum Gasteiger partial charge on any atom is -1.00 e. The Morgan fingerprint density at radius 2 is 1.25 bits per heavy atom. The molecule has 2 rings (SSSR count). The third-order valence-corrected chi connectivity index (χ3v) is 1.89. The van der Waals surface area contributed by atoms with Gasteiger partial charge in [0.1, 0.15) is 0 Å². The average molecular weight is 270 g/mol. The normalized spacial score (nSPS) is 6.67. The summed E-state index contributed by atoms with van der Waals surface area (Å²) in [7, 11) is 0. The van der Waals surface area contributed by atoms with Gasteiger partial charge >= 0.3 is 23.1 Å². The molecule has 2 heterocycles.